The third-order valence-electron chi connectivity index (χ3n) is 3.98. The lowest BCUT2D eigenvalue weighted by Crippen LogP contribution is -2.30. The number of sulfonamides is 1. The van der Waals surface area contributed by atoms with Crippen LogP contribution in [0.4, 0.5) is 0 Å². The number of hydrogen-bond acceptors (Lipinski definition) is 3. The molecular formula is C21H18N2O2S. The monoisotopic (exact) mass is 362 g/mol. The quantitative estimate of drug-likeness (QED) is 0.726. The van der Waals surface area contributed by atoms with Crippen molar-refractivity contribution in [3.8, 4) is 6.07 Å². The Morgan fingerprint density at radius 1 is 0.846 bits per heavy atom. The van der Waals surface area contributed by atoms with Crippen LogP contribution < -0.4 is 4.72 Å². The minimum atomic E-state index is -3.61. The van der Waals surface area contributed by atoms with Gasteiger partial charge in [0.25, 0.3) is 0 Å². The third-order valence-corrected chi connectivity index (χ3v) is 5.28. The van der Waals surface area contributed by atoms with Crippen molar-refractivity contribution in [2.75, 3.05) is 0 Å². The van der Waals surface area contributed by atoms with Crippen molar-refractivity contribution in [2.24, 2.45) is 0 Å². The zero-order chi connectivity index (χ0) is 18.4. The number of nitrogens with zero attached hydrogens (tertiary/aromatic N) is 1. The Bertz CT molecular complexity index is 971. The summed E-state index contributed by atoms with van der Waals surface area (Å²) in [5.41, 5.74) is 2.76. The predicted octanol–water partition coefficient (Wildman–Crippen LogP) is 3.77. The lowest BCUT2D eigenvalue weighted by atomic mass is 10.00. The molecule has 3 rings (SSSR count). The van der Waals surface area contributed by atoms with Crippen LogP contribution in [0.1, 0.15) is 28.3 Å². The van der Waals surface area contributed by atoms with Crippen LogP contribution in [0.2, 0.25) is 0 Å². The number of rotatable bonds is 6. The molecule has 5 heteroatoms. The summed E-state index contributed by atoms with van der Waals surface area (Å²) in [5.74, 6) is -0.182. The fourth-order valence-electron chi connectivity index (χ4n) is 2.79. The first-order chi connectivity index (χ1) is 12.6. The van der Waals surface area contributed by atoms with E-state index < -0.39 is 16.1 Å². The zero-order valence-corrected chi connectivity index (χ0v) is 14.9. The second-order valence-electron chi connectivity index (χ2n) is 5.94. The van der Waals surface area contributed by atoms with Crippen LogP contribution >= 0.6 is 0 Å². The summed E-state index contributed by atoms with van der Waals surface area (Å²) in [6, 6.07) is 27.1. The molecule has 0 saturated carbocycles. The molecule has 0 unspecified atom stereocenters. The second kappa shape index (κ2) is 7.96. The molecule has 0 aliphatic rings. The van der Waals surface area contributed by atoms with Crippen molar-refractivity contribution in [1.82, 2.24) is 4.72 Å². The van der Waals surface area contributed by atoms with Gasteiger partial charge in [-0.1, -0.05) is 72.8 Å². The topological polar surface area (TPSA) is 70.0 Å². The maximum Gasteiger partial charge on any atom is 0.216 e. The largest absolute Gasteiger partial charge is 0.216 e. The van der Waals surface area contributed by atoms with Crippen LogP contribution in [0.5, 0.6) is 0 Å². The highest BCUT2D eigenvalue weighted by Gasteiger charge is 2.21. The SMILES string of the molecule is N#Cc1cccc(CS(=O)(=O)NC(c2ccccc2)c2ccccc2)c1. The van der Waals surface area contributed by atoms with Gasteiger partial charge in [-0.2, -0.15) is 5.26 Å². The molecule has 0 aliphatic carbocycles. The molecule has 0 aliphatic heterocycles. The molecule has 130 valence electrons. The van der Waals surface area contributed by atoms with Crippen molar-refractivity contribution in [3.63, 3.8) is 0 Å². The van der Waals surface area contributed by atoms with E-state index in [2.05, 4.69) is 4.72 Å². The summed E-state index contributed by atoms with van der Waals surface area (Å²) in [7, 11) is -3.61. The van der Waals surface area contributed by atoms with Gasteiger partial charge < -0.3 is 0 Å². The molecule has 3 aromatic carbocycles. The molecule has 0 atom stereocenters. The molecule has 0 fully saturated rings. The molecule has 0 saturated heterocycles. The van der Waals surface area contributed by atoms with Gasteiger partial charge in [0.2, 0.25) is 10.0 Å². The van der Waals surface area contributed by atoms with Gasteiger partial charge in [-0.15, -0.1) is 0 Å². The van der Waals surface area contributed by atoms with Crippen molar-refractivity contribution in [3.05, 3.63) is 107 Å². The predicted molar refractivity (Wildman–Crippen MR) is 102 cm³/mol. The molecule has 0 bridgehead atoms. The van der Waals surface area contributed by atoms with E-state index in [4.69, 9.17) is 5.26 Å². The van der Waals surface area contributed by atoms with E-state index in [1.165, 1.54) is 0 Å². The normalized spacial score (nSPS) is 11.2. The van der Waals surface area contributed by atoms with Crippen molar-refractivity contribution >= 4 is 10.0 Å². The highest BCUT2D eigenvalue weighted by atomic mass is 32.2. The van der Waals surface area contributed by atoms with Gasteiger partial charge >= 0.3 is 0 Å². The van der Waals surface area contributed by atoms with Gasteiger partial charge in [0, 0.05) is 0 Å². The van der Waals surface area contributed by atoms with Crippen LogP contribution in [0.25, 0.3) is 0 Å². The summed E-state index contributed by atoms with van der Waals surface area (Å²) in [6.45, 7) is 0. The molecule has 3 aromatic rings. The Hall–Kier alpha value is -2.94. The average Bonchev–Trinajstić information content (AvgIpc) is 2.67. The smallest absolute Gasteiger partial charge is 0.212 e. The highest BCUT2D eigenvalue weighted by Crippen LogP contribution is 2.23. The fraction of sp³-hybridized carbons (Fsp3) is 0.0952. The van der Waals surface area contributed by atoms with Crippen molar-refractivity contribution in [2.45, 2.75) is 11.8 Å². The van der Waals surface area contributed by atoms with E-state index in [0.717, 1.165) is 11.1 Å². The average molecular weight is 362 g/mol. The zero-order valence-electron chi connectivity index (χ0n) is 14.0. The molecule has 0 spiro atoms. The summed E-state index contributed by atoms with van der Waals surface area (Å²) < 4.78 is 28.3. The van der Waals surface area contributed by atoms with E-state index in [-0.39, 0.29) is 5.75 Å². The molecule has 0 amide bonds. The standard InChI is InChI=1S/C21H18N2O2S/c22-15-17-8-7-9-18(14-17)16-26(24,25)23-21(19-10-3-1-4-11-19)20-12-5-2-6-13-20/h1-14,21,23H,16H2. The van der Waals surface area contributed by atoms with E-state index in [9.17, 15) is 8.42 Å². The lowest BCUT2D eigenvalue weighted by molar-refractivity contribution is 0.571. The van der Waals surface area contributed by atoms with E-state index >= 15 is 0 Å². The van der Waals surface area contributed by atoms with Gasteiger partial charge in [-0.25, -0.2) is 13.1 Å². The first kappa shape index (κ1) is 17.9. The van der Waals surface area contributed by atoms with E-state index in [1.807, 2.05) is 66.7 Å². The molecule has 0 heterocycles. The van der Waals surface area contributed by atoms with Gasteiger partial charge in [0.15, 0.2) is 0 Å². The Morgan fingerprint density at radius 2 is 1.42 bits per heavy atom. The van der Waals surface area contributed by atoms with Crippen LogP contribution in [0, 0.1) is 11.3 Å². The van der Waals surface area contributed by atoms with E-state index in [1.54, 1.807) is 24.3 Å². The number of nitriles is 1. The summed E-state index contributed by atoms with van der Waals surface area (Å²) >= 11 is 0. The minimum Gasteiger partial charge on any atom is -0.212 e. The van der Waals surface area contributed by atoms with Gasteiger partial charge in [-0.05, 0) is 28.8 Å². The minimum absolute atomic E-state index is 0.182. The molecular weight excluding hydrogens is 344 g/mol. The van der Waals surface area contributed by atoms with Crippen LogP contribution in [-0.4, -0.2) is 8.42 Å². The molecule has 0 aromatic heterocycles. The maximum absolute atomic E-state index is 12.8. The van der Waals surface area contributed by atoms with Crippen molar-refractivity contribution in [1.29, 1.82) is 5.26 Å². The highest BCUT2D eigenvalue weighted by molar-refractivity contribution is 7.88. The third kappa shape index (κ3) is 4.57. The molecule has 26 heavy (non-hydrogen) atoms. The first-order valence-electron chi connectivity index (χ1n) is 8.16. The maximum atomic E-state index is 12.8. The second-order valence-corrected chi connectivity index (χ2v) is 7.70. The first-order valence-corrected chi connectivity index (χ1v) is 9.81. The Morgan fingerprint density at radius 3 is 1.96 bits per heavy atom. The number of benzene rings is 3. The lowest BCUT2D eigenvalue weighted by Gasteiger charge is -2.20. The van der Waals surface area contributed by atoms with Gasteiger partial charge in [0.05, 0.1) is 23.4 Å². The Labute approximate surface area is 153 Å². The van der Waals surface area contributed by atoms with Crippen LogP contribution in [-0.2, 0) is 15.8 Å². The number of nitrogens with one attached hydrogen (secondary N) is 1. The Balaban J connectivity index is 1.89. The van der Waals surface area contributed by atoms with E-state index in [0.29, 0.717) is 11.1 Å². The molecule has 0 radical (unpaired) electrons. The molecule has 4 nitrogen and oxygen atoms in total. The Kier molecular flexibility index (Phi) is 5.47. The fourth-order valence-corrected chi connectivity index (χ4v) is 4.12. The van der Waals surface area contributed by atoms with Crippen molar-refractivity contribution < 1.29 is 8.42 Å². The summed E-state index contributed by atoms with van der Waals surface area (Å²) in [6.07, 6.45) is 0. The van der Waals surface area contributed by atoms with Crippen LogP contribution in [0.3, 0.4) is 0 Å². The molecule has 1 N–H and O–H groups in total. The van der Waals surface area contributed by atoms with Crippen LogP contribution in [0.15, 0.2) is 84.9 Å². The summed E-state index contributed by atoms with van der Waals surface area (Å²) in [4.78, 5) is 0. The summed E-state index contributed by atoms with van der Waals surface area (Å²) in [5, 5.41) is 8.99. The number of hydrogen-bond donors (Lipinski definition) is 1. The van der Waals surface area contributed by atoms with Gasteiger partial charge in [0.1, 0.15) is 0 Å². The van der Waals surface area contributed by atoms with Gasteiger partial charge in [-0.3, -0.25) is 0 Å².